The van der Waals surface area contributed by atoms with E-state index in [0.29, 0.717) is 40.3 Å². The zero-order valence-electron chi connectivity index (χ0n) is 27.7. The number of phenols is 1. The molecule has 3 aromatic rings. The molecule has 0 saturated heterocycles. The summed E-state index contributed by atoms with van der Waals surface area (Å²) in [4.78, 5) is 57.4. The molecule has 256 valence electrons. The van der Waals surface area contributed by atoms with Crippen LogP contribution in [0.4, 0.5) is 5.69 Å². The number of nitrogens with one attached hydrogen (secondary N) is 1. The number of carbonyl (C=O) groups excluding carboxylic acids is 3. The molecule has 0 aliphatic carbocycles. The van der Waals surface area contributed by atoms with Gasteiger partial charge in [-0.15, -0.1) is 10.1 Å². The van der Waals surface area contributed by atoms with E-state index in [1.165, 1.54) is 4.90 Å². The summed E-state index contributed by atoms with van der Waals surface area (Å²) in [5.74, 6) is -0.710. The van der Waals surface area contributed by atoms with E-state index >= 15 is 0 Å². The van der Waals surface area contributed by atoms with E-state index < -0.39 is 41.1 Å². The van der Waals surface area contributed by atoms with E-state index in [1.807, 2.05) is 13.8 Å². The summed E-state index contributed by atoms with van der Waals surface area (Å²) < 4.78 is 17.4. The van der Waals surface area contributed by atoms with Gasteiger partial charge in [0.1, 0.15) is 29.8 Å². The van der Waals surface area contributed by atoms with Crippen LogP contribution in [0.25, 0.3) is 0 Å². The fraction of sp³-hybridized carbons (Fsp3) is 0.400. The molecule has 1 aliphatic heterocycles. The van der Waals surface area contributed by atoms with Crippen LogP contribution in [0.1, 0.15) is 60.5 Å². The zero-order chi connectivity index (χ0) is 35.0. The lowest BCUT2D eigenvalue weighted by Crippen LogP contribution is -2.56. The fourth-order valence-electron chi connectivity index (χ4n) is 5.67. The van der Waals surface area contributed by atoms with Crippen LogP contribution < -0.4 is 19.7 Å². The highest BCUT2D eigenvalue weighted by molar-refractivity contribution is 6.05. The lowest BCUT2D eigenvalue weighted by atomic mass is 9.85. The van der Waals surface area contributed by atoms with Gasteiger partial charge in [0.05, 0.1) is 19.8 Å². The van der Waals surface area contributed by atoms with E-state index in [9.17, 15) is 29.6 Å². The summed E-state index contributed by atoms with van der Waals surface area (Å²) >= 11 is 0. The monoisotopic (exact) mass is 663 g/mol. The number of fused-ring (bicyclic) bond motifs is 1. The van der Waals surface area contributed by atoms with E-state index in [2.05, 4.69) is 10.2 Å². The zero-order valence-corrected chi connectivity index (χ0v) is 27.7. The molecule has 0 aromatic heterocycles. The molecule has 0 bridgehead atoms. The lowest BCUT2D eigenvalue weighted by molar-refractivity contribution is -0.757. The number of hydrogen-bond acceptors (Lipinski definition) is 10. The summed E-state index contributed by atoms with van der Waals surface area (Å²) in [7, 11) is 0. The van der Waals surface area contributed by atoms with Gasteiger partial charge < -0.3 is 29.5 Å². The maximum atomic E-state index is 14.9. The molecule has 0 spiro atoms. The second-order valence-corrected chi connectivity index (χ2v) is 11.6. The summed E-state index contributed by atoms with van der Waals surface area (Å²) in [6.07, 6.45) is 0.942. The van der Waals surface area contributed by atoms with Crippen molar-refractivity contribution in [1.29, 1.82) is 0 Å². The Morgan fingerprint density at radius 2 is 1.79 bits per heavy atom. The van der Waals surface area contributed by atoms with Gasteiger partial charge in [-0.05, 0) is 87.6 Å². The highest BCUT2D eigenvalue weighted by Gasteiger charge is 2.47. The van der Waals surface area contributed by atoms with Gasteiger partial charge in [0, 0.05) is 24.1 Å². The van der Waals surface area contributed by atoms with Crippen molar-refractivity contribution in [2.24, 2.45) is 0 Å². The van der Waals surface area contributed by atoms with Crippen LogP contribution in [0.2, 0.25) is 0 Å². The number of hydrogen-bond donors (Lipinski definition) is 2. The van der Waals surface area contributed by atoms with Gasteiger partial charge in [0.15, 0.2) is 5.60 Å². The Labute approximate surface area is 278 Å². The minimum Gasteiger partial charge on any atom is -0.507 e. The third kappa shape index (κ3) is 7.96. The van der Waals surface area contributed by atoms with Crippen LogP contribution in [0.5, 0.6) is 17.2 Å². The van der Waals surface area contributed by atoms with E-state index in [0.717, 1.165) is 11.1 Å². The minimum absolute atomic E-state index is 0.0946. The Morgan fingerprint density at radius 3 is 2.48 bits per heavy atom. The molecule has 2 unspecified atom stereocenters. The molecule has 3 aromatic carbocycles. The third-order valence-electron chi connectivity index (χ3n) is 8.37. The number of ether oxygens (including phenoxy) is 3. The van der Waals surface area contributed by atoms with Crippen LogP contribution in [-0.4, -0.2) is 59.9 Å². The van der Waals surface area contributed by atoms with E-state index in [1.54, 1.807) is 75.4 Å². The van der Waals surface area contributed by atoms with Crippen molar-refractivity contribution in [2.75, 3.05) is 31.3 Å². The number of amides is 2. The van der Waals surface area contributed by atoms with Crippen molar-refractivity contribution in [3.63, 3.8) is 0 Å². The molecule has 13 nitrogen and oxygen atoms in total. The average molecular weight is 664 g/mol. The maximum absolute atomic E-state index is 14.9. The van der Waals surface area contributed by atoms with E-state index in [4.69, 9.17) is 14.2 Å². The smallest absolute Gasteiger partial charge is 0.325 e. The van der Waals surface area contributed by atoms with Gasteiger partial charge in [-0.1, -0.05) is 30.3 Å². The van der Waals surface area contributed by atoms with Crippen molar-refractivity contribution in [2.45, 2.75) is 65.5 Å². The van der Waals surface area contributed by atoms with Gasteiger partial charge in [0.2, 0.25) is 5.91 Å². The van der Waals surface area contributed by atoms with Crippen LogP contribution in [0.3, 0.4) is 0 Å². The van der Waals surface area contributed by atoms with Crippen LogP contribution in [-0.2, 0) is 30.4 Å². The first-order valence-electron chi connectivity index (χ1n) is 15.7. The molecule has 2 N–H and O–H groups in total. The summed E-state index contributed by atoms with van der Waals surface area (Å²) in [6, 6.07) is 14.0. The molecule has 2 atom stereocenters. The Kier molecular flexibility index (Phi) is 11.5. The predicted molar refractivity (Wildman–Crippen MR) is 175 cm³/mol. The molecule has 1 heterocycles. The molecular formula is C35H41N3O10. The van der Waals surface area contributed by atoms with E-state index in [-0.39, 0.29) is 38.4 Å². The first kappa shape index (κ1) is 35.5. The predicted octanol–water partition coefficient (Wildman–Crippen LogP) is 4.83. The number of aromatic hydroxyl groups is 1. The molecule has 48 heavy (non-hydrogen) atoms. The average Bonchev–Trinajstić information content (AvgIpc) is 3.07. The molecule has 4 rings (SSSR count). The SMILES string of the molecule is CCOC(=O)CNC(=O)C(c1cccc(OCCCO[N+](=O)[O-])c1)N(C(=O)C1(C)CCc2c(C)c(O)c(C)c(C)c2O1)c1ccccc1. The number of rotatable bonds is 14. The highest BCUT2D eigenvalue weighted by atomic mass is 16.9. The van der Waals surface area contributed by atoms with Crippen molar-refractivity contribution in [3.8, 4) is 17.2 Å². The number of carbonyl (C=O) groups is 3. The van der Waals surface area contributed by atoms with Gasteiger partial charge >= 0.3 is 5.97 Å². The second-order valence-electron chi connectivity index (χ2n) is 11.6. The van der Waals surface area contributed by atoms with Gasteiger partial charge in [-0.25, -0.2) is 0 Å². The summed E-state index contributed by atoms with van der Waals surface area (Å²) in [5, 5.41) is 22.9. The Morgan fingerprint density at radius 1 is 1.06 bits per heavy atom. The number of nitrogens with zero attached hydrogens (tertiary/aromatic N) is 2. The minimum atomic E-state index is -1.42. The van der Waals surface area contributed by atoms with Crippen LogP contribution in [0.15, 0.2) is 54.6 Å². The molecule has 1 aliphatic rings. The van der Waals surface area contributed by atoms with Crippen molar-refractivity contribution in [1.82, 2.24) is 5.32 Å². The molecular weight excluding hydrogens is 622 g/mol. The number of esters is 1. The second kappa shape index (κ2) is 15.5. The summed E-state index contributed by atoms with van der Waals surface area (Å²) in [5.41, 5.74) is 2.25. The normalized spacial score (nSPS) is 15.7. The quantitative estimate of drug-likeness (QED) is 0.106. The topological polar surface area (TPSA) is 167 Å². The number of benzene rings is 3. The van der Waals surface area contributed by atoms with Gasteiger partial charge in [0.25, 0.3) is 11.0 Å². The molecule has 13 heteroatoms. The summed E-state index contributed by atoms with van der Waals surface area (Å²) in [6.45, 7) is 8.44. The van der Waals surface area contributed by atoms with Crippen LogP contribution >= 0.6 is 0 Å². The standard InChI is InChI=1S/C35H41N3O10/c1-6-45-29(39)21-36-33(41)30(25-12-10-15-27(20-25)46-18-11-19-47-38(43)44)37(26-13-8-7-9-14-26)34(42)35(5)17-16-28-24(4)31(40)22(2)23(3)32(28)48-35/h7-10,12-15,20,30,40H,6,11,16-19,21H2,1-5H3,(H,36,41). The van der Waals surface area contributed by atoms with Crippen molar-refractivity contribution < 1.29 is 43.6 Å². The largest absolute Gasteiger partial charge is 0.507 e. The van der Waals surface area contributed by atoms with Crippen molar-refractivity contribution in [3.05, 3.63) is 92.5 Å². The Hall–Kier alpha value is -5.33. The fourth-order valence-corrected chi connectivity index (χ4v) is 5.67. The first-order chi connectivity index (χ1) is 22.9. The molecule has 2 amide bonds. The number of anilines is 1. The maximum Gasteiger partial charge on any atom is 0.325 e. The van der Waals surface area contributed by atoms with Gasteiger partial charge in [-0.2, -0.15) is 0 Å². The highest BCUT2D eigenvalue weighted by Crippen LogP contribution is 2.45. The first-order valence-corrected chi connectivity index (χ1v) is 15.7. The number of para-hydroxylation sites is 1. The van der Waals surface area contributed by atoms with Gasteiger partial charge in [-0.3, -0.25) is 19.3 Å². The number of phenolic OH excluding ortho intramolecular Hbond substituents is 1. The lowest BCUT2D eigenvalue weighted by Gasteiger charge is -2.41. The third-order valence-corrected chi connectivity index (χ3v) is 8.37. The molecule has 0 fully saturated rings. The van der Waals surface area contributed by atoms with Crippen LogP contribution in [0, 0.1) is 30.9 Å². The molecule has 0 saturated carbocycles. The molecule has 0 radical (unpaired) electrons. The van der Waals surface area contributed by atoms with Crippen molar-refractivity contribution >= 4 is 23.5 Å². The Bertz CT molecular complexity index is 1660. The Balaban J connectivity index is 1.76.